The van der Waals surface area contributed by atoms with E-state index in [0.717, 1.165) is 42.7 Å². The number of likely N-dealkylation sites (tertiary alicyclic amines) is 1. The Morgan fingerprint density at radius 1 is 1.48 bits per heavy atom. The second-order valence-corrected chi connectivity index (χ2v) is 5.44. The molecule has 0 aliphatic carbocycles. The van der Waals surface area contributed by atoms with Gasteiger partial charge in [-0.15, -0.1) is 0 Å². The van der Waals surface area contributed by atoms with Gasteiger partial charge in [-0.05, 0) is 31.4 Å². The fourth-order valence-corrected chi connectivity index (χ4v) is 2.87. The number of amides is 1. The first-order valence-electron chi connectivity index (χ1n) is 7.61. The Morgan fingerprint density at radius 2 is 2.33 bits per heavy atom. The third kappa shape index (κ3) is 2.93. The molecule has 1 atom stereocenters. The van der Waals surface area contributed by atoms with Gasteiger partial charge in [0.2, 0.25) is 5.91 Å². The number of hydrogen-bond donors (Lipinski definition) is 1. The number of H-pyrrole nitrogens is 1. The van der Waals surface area contributed by atoms with Crippen molar-refractivity contribution in [2.24, 2.45) is 0 Å². The standard InChI is InChI=1S/C16H21N3O2/c1-2-10-21-11-15(20)19-9-5-8-14(19)16-17-12-6-3-4-7-13(12)18-16/h3-4,6-7,14H,2,5,8-11H2,1H3,(H,17,18). The first kappa shape index (κ1) is 14.1. The molecule has 0 saturated carbocycles. The van der Waals surface area contributed by atoms with Gasteiger partial charge in [0, 0.05) is 13.2 Å². The highest BCUT2D eigenvalue weighted by Gasteiger charge is 2.31. The molecule has 0 bridgehead atoms. The number of para-hydroxylation sites is 2. The number of aromatic nitrogens is 2. The van der Waals surface area contributed by atoms with Crippen LogP contribution in [0.3, 0.4) is 0 Å². The van der Waals surface area contributed by atoms with Gasteiger partial charge in [-0.25, -0.2) is 4.98 Å². The molecule has 112 valence electrons. The summed E-state index contributed by atoms with van der Waals surface area (Å²) in [6.07, 6.45) is 2.90. The Hall–Kier alpha value is -1.88. The third-order valence-corrected chi connectivity index (χ3v) is 3.87. The molecule has 5 nitrogen and oxygen atoms in total. The van der Waals surface area contributed by atoms with Gasteiger partial charge in [0.1, 0.15) is 12.4 Å². The van der Waals surface area contributed by atoms with Gasteiger partial charge in [0.25, 0.3) is 0 Å². The van der Waals surface area contributed by atoms with Gasteiger partial charge in [-0.1, -0.05) is 19.1 Å². The lowest BCUT2D eigenvalue weighted by atomic mass is 10.2. The highest BCUT2D eigenvalue weighted by molar-refractivity contribution is 5.79. The summed E-state index contributed by atoms with van der Waals surface area (Å²) in [6, 6.07) is 8.01. The minimum atomic E-state index is 0.0510. The Bertz CT molecular complexity index is 590. The zero-order valence-electron chi connectivity index (χ0n) is 12.3. The molecule has 3 rings (SSSR count). The van der Waals surface area contributed by atoms with Crippen LogP contribution >= 0.6 is 0 Å². The molecule has 1 amide bonds. The number of aromatic amines is 1. The SMILES string of the molecule is CCCOCC(=O)N1CCCC1c1nc2ccccc2[nH]1. The summed E-state index contributed by atoms with van der Waals surface area (Å²) in [5.74, 6) is 0.948. The van der Waals surface area contributed by atoms with Gasteiger partial charge < -0.3 is 14.6 Å². The van der Waals surface area contributed by atoms with E-state index in [0.29, 0.717) is 6.61 Å². The van der Waals surface area contributed by atoms with Gasteiger partial charge >= 0.3 is 0 Å². The number of fused-ring (bicyclic) bond motifs is 1. The van der Waals surface area contributed by atoms with Crippen LogP contribution in [0.1, 0.15) is 38.1 Å². The maximum absolute atomic E-state index is 12.3. The molecule has 0 spiro atoms. The van der Waals surface area contributed by atoms with E-state index in [-0.39, 0.29) is 18.6 Å². The topological polar surface area (TPSA) is 58.2 Å². The predicted octanol–water partition coefficient (Wildman–Crippen LogP) is 2.65. The minimum Gasteiger partial charge on any atom is -0.372 e. The monoisotopic (exact) mass is 287 g/mol. The molecule has 21 heavy (non-hydrogen) atoms. The predicted molar refractivity (Wildman–Crippen MR) is 80.9 cm³/mol. The molecule has 2 aromatic rings. The number of hydrogen-bond acceptors (Lipinski definition) is 3. The summed E-state index contributed by atoms with van der Waals surface area (Å²) in [5, 5.41) is 0. The molecule has 1 aromatic heterocycles. The average molecular weight is 287 g/mol. The van der Waals surface area contributed by atoms with E-state index >= 15 is 0 Å². The van der Waals surface area contributed by atoms with Crippen LogP contribution in [0.25, 0.3) is 11.0 Å². The smallest absolute Gasteiger partial charge is 0.249 e. The fraction of sp³-hybridized carbons (Fsp3) is 0.500. The van der Waals surface area contributed by atoms with Crippen molar-refractivity contribution in [2.75, 3.05) is 19.8 Å². The molecular formula is C16H21N3O2. The zero-order chi connectivity index (χ0) is 14.7. The molecule has 1 aromatic carbocycles. The Labute approximate surface area is 124 Å². The first-order chi connectivity index (χ1) is 10.3. The summed E-state index contributed by atoms with van der Waals surface area (Å²) in [4.78, 5) is 22.2. The summed E-state index contributed by atoms with van der Waals surface area (Å²) >= 11 is 0. The fourth-order valence-electron chi connectivity index (χ4n) is 2.87. The Kier molecular flexibility index (Phi) is 4.20. The molecule has 1 aliphatic heterocycles. The summed E-state index contributed by atoms with van der Waals surface area (Å²) in [7, 11) is 0. The molecule has 1 fully saturated rings. The van der Waals surface area contributed by atoms with Crippen LogP contribution in [0.15, 0.2) is 24.3 Å². The maximum Gasteiger partial charge on any atom is 0.249 e. The molecule has 2 heterocycles. The zero-order valence-corrected chi connectivity index (χ0v) is 12.3. The summed E-state index contributed by atoms with van der Waals surface area (Å²) in [5.41, 5.74) is 1.98. The number of benzene rings is 1. The Morgan fingerprint density at radius 3 is 3.14 bits per heavy atom. The minimum absolute atomic E-state index is 0.0510. The van der Waals surface area contributed by atoms with Crippen molar-refractivity contribution in [2.45, 2.75) is 32.2 Å². The van der Waals surface area contributed by atoms with Crippen molar-refractivity contribution >= 4 is 16.9 Å². The summed E-state index contributed by atoms with van der Waals surface area (Å²) < 4.78 is 5.38. The number of carbonyl (C=O) groups is 1. The van der Waals surface area contributed by atoms with Crippen LogP contribution in [0, 0.1) is 0 Å². The van der Waals surface area contributed by atoms with E-state index in [1.54, 1.807) is 0 Å². The lowest BCUT2D eigenvalue weighted by Crippen LogP contribution is -2.34. The molecule has 1 aliphatic rings. The third-order valence-electron chi connectivity index (χ3n) is 3.87. The van der Waals surface area contributed by atoms with Crippen LogP contribution in [0.4, 0.5) is 0 Å². The number of imidazole rings is 1. The normalized spacial score (nSPS) is 18.5. The van der Waals surface area contributed by atoms with Gasteiger partial charge in [0.05, 0.1) is 17.1 Å². The highest BCUT2D eigenvalue weighted by Crippen LogP contribution is 2.31. The summed E-state index contributed by atoms with van der Waals surface area (Å²) in [6.45, 7) is 3.63. The Balaban J connectivity index is 1.75. The lowest BCUT2D eigenvalue weighted by Gasteiger charge is -2.23. The molecule has 1 unspecified atom stereocenters. The van der Waals surface area contributed by atoms with Crippen LogP contribution < -0.4 is 0 Å². The lowest BCUT2D eigenvalue weighted by molar-refractivity contribution is -0.137. The first-order valence-corrected chi connectivity index (χ1v) is 7.61. The van der Waals surface area contributed by atoms with E-state index in [1.807, 2.05) is 36.1 Å². The van der Waals surface area contributed by atoms with Crippen molar-refractivity contribution < 1.29 is 9.53 Å². The number of nitrogens with zero attached hydrogens (tertiary/aromatic N) is 2. The van der Waals surface area contributed by atoms with Gasteiger partial charge in [0.15, 0.2) is 0 Å². The molecule has 5 heteroatoms. The maximum atomic E-state index is 12.3. The average Bonchev–Trinajstić information content (AvgIpc) is 3.13. The van der Waals surface area contributed by atoms with E-state index in [2.05, 4.69) is 9.97 Å². The van der Waals surface area contributed by atoms with Crippen molar-refractivity contribution in [3.05, 3.63) is 30.1 Å². The molecular weight excluding hydrogens is 266 g/mol. The van der Waals surface area contributed by atoms with Gasteiger partial charge in [-0.2, -0.15) is 0 Å². The van der Waals surface area contributed by atoms with Crippen molar-refractivity contribution in [1.29, 1.82) is 0 Å². The van der Waals surface area contributed by atoms with Crippen LogP contribution in [-0.2, 0) is 9.53 Å². The van der Waals surface area contributed by atoms with E-state index in [4.69, 9.17) is 4.74 Å². The number of ether oxygens (including phenoxy) is 1. The van der Waals surface area contributed by atoms with Crippen molar-refractivity contribution in [3.63, 3.8) is 0 Å². The van der Waals surface area contributed by atoms with E-state index in [9.17, 15) is 4.79 Å². The molecule has 1 N–H and O–H groups in total. The second-order valence-electron chi connectivity index (χ2n) is 5.44. The largest absolute Gasteiger partial charge is 0.372 e. The quantitative estimate of drug-likeness (QED) is 0.860. The molecule has 0 radical (unpaired) electrons. The van der Waals surface area contributed by atoms with Crippen LogP contribution in [0.5, 0.6) is 0 Å². The number of rotatable bonds is 5. The van der Waals surface area contributed by atoms with Crippen LogP contribution in [0.2, 0.25) is 0 Å². The van der Waals surface area contributed by atoms with Crippen LogP contribution in [-0.4, -0.2) is 40.5 Å². The number of carbonyl (C=O) groups excluding carboxylic acids is 1. The van der Waals surface area contributed by atoms with Crippen molar-refractivity contribution in [3.8, 4) is 0 Å². The number of nitrogens with one attached hydrogen (secondary N) is 1. The van der Waals surface area contributed by atoms with E-state index < -0.39 is 0 Å². The van der Waals surface area contributed by atoms with Gasteiger partial charge in [-0.3, -0.25) is 4.79 Å². The van der Waals surface area contributed by atoms with Crippen molar-refractivity contribution in [1.82, 2.24) is 14.9 Å². The molecule has 1 saturated heterocycles. The second kappa shape index (κ2) is 6.26. The van der Waals surface area contributed by atoms with E-state index in [1.165, 1.54) is 0 Å². The highest BCUT2D eigenvalue weighted by atomic mass is 16.5.